The van der Waals surface area contributed by atoms with Crippen LogP contribution in [0.1, 0.15) is 33.1 Å². The molecule has 3 amide bonds. The minimum atomic E-state index is -0.166. The number of carbonyl (C=O) groups is 3. The second-order valence-corrected chi connectivity index (χ2v) is 5.23. The highest BCUT2D eigenvalue weighted by Gasteiger charge is 2.31. The Bertz CT molecular complexity index is 380. The third-order valence-electron chi connectivity index (χ3n) is 3.63. The van der Waals surface area contributed by atoms with Crippen LogP contribution in [0.25, 0.3) is 0 Å². The summed E-state index contributed by atoms with van der Waals surface area (Å²) in [4.78, 5) is 38.0. The Labute approximate surface area is 112 Å². The highest BCUT2D eigenvalue weighted by molar-refractivity contribution is 6.02. The van der Waals surface area contributed by atoms with Gasteiger partial charge in [0.25, 0.3) is 0 Å². The Morgan fingerprint density at radius 2 is 1.89 bits per heavy atom. The molecule has 0 aromatic rings. The van der Waals surface area contributed by atoms with E-state index in [-0.39, 0.29) is 55.7 Å². The molecule has 2 aliphatic rings. The second kappa shape index (κ2) is 5.69. The highest BCUT2D eigenvalue weighted by Crippen LogP contribution is 2.15. The lowest BCUT2D eigenvalue weighted by atomic mass is 10.2. The van der Waals surface area contributed by atoms with Crippen LogP contribution in [-0.2, 0) is 19.1 Å². The molecule has 2 unspecified atom stereocenters. The number of nitrogens with zero attached hydrogens (tertiary/aromatic N) is 2. The highest BCUT2D eigenvalue weighted by atomic mass is 16.5. The second-order valence-electron chi connectivity index (χ2n) is 5.23. The van der Waals surface area contributed by atoms with E-state index in [1.807, 2.05) is 13.8 Å². The van der Waals surface area contributed by atoms with Crippen LogP contribution >= 0.6 is 0 Å². The van der Waals surface area contributed by atoms with E-state index in [1.165, 1.54) is 4.90 Å². The Morgan fingerprint density at radius 1 is 1.26 bits per heavy atom. The van der Waals surface area contributed by atoms with Crippen LogP contribution in [0.15, 0.2) is 0 Å². The summed E-state index contributed by atoms with van der Waals surface area (Å²) >= 11 is 0. The third-order valence-corrected chi connectivity index (χ3v) is 3.63. The molecule has 2 heterocycles. The minimum Gasteiger partial charge on any atom is -0.375 e. The van der Waals surface area contributed by atoms with Gasteiger partial charge in [-0.3, -0.25) is 19.3 Å². The molecule has 0 saturated carbocycles. The molecule has 2 saturated heterocycles. The van der Waals surface area contributed by atoms with Crippen molar-refractivity contribution in [3.05, 3.63) is 0 Å². The van der Waals surface area contributed by atoms with E-state index in [4.69, 9.17) is 4.74 Å². The fraction of sp³-hybridized carbons (Fsp3) is 0.769. The molecule has 2 rings (SSSR count). The van der Waals surface area contributed by atoms with Gasteiger partial charge in [0.1, 0.15) is 0 Å². The first-order chi connectivity index (χ1) is 8.99. The molecule has 6 nitrogen and oxygen atoms in total. The fourth-order valence-corrected chi connectivity index (χ4v) is 2.47. The number of morpholine rings is 1. The van der Waals surface area contributed by atoms with Gasteiger partial charge in [-0.2, -0.15) is 0 Å². The molecule has 2 aliphatic heterocycles. The molecule has 0 spiro atoms. The molecular weight excluding hydrogens is 248 g/mol. The zero-order valence-electron chi connectivity index (χ0n) is 11.4. The zero-order chi connectivity index (χ0) is 14.0. The van der Waals surface area contributed by atoms with Crippen LogP contribution < -0.4 is 0 Å². The standard InChI is InChI=1S/C13H20N2O4/c1-9-8-19-10(2)7-15(9)13(18)5-6-14-11(16)3-4-12(14)17/h9-10H,3-8H2,1-2H3. The van der Waals surface area contributed by atoms with Gasteiger partial charge in [-0.05, 0) is 13.8 Å². The maximum Gasteiger partial charge on any atom is 0.229 e. The molecule has 106 valence electrons. The Hall–Kier alpha value is -1.43. The lowest BCUT2D eigenvalue weighted by Gasteiger charge is -2.37. The molecule has 0 N–H and O–H groups in total. The van der Waals surface area contributed by atoms with Crippen molar-refractivity contribution < 1.29 is 19.1 Å². The number of hydrogen-bond donors (Lipinski definition) is 0. The fourth-order valence-electron chi connectivity index (χ4n) is 2.47. The van der Waals surface area contributed by atoms with Gasteiger partial charge >= 0.3 is 0 Å². The predicted molar refractivity (Wildman–Crippen MR) is 67.2 cm³/mol. The first-order valence-corrected chi connectivity index (χ1v) is 6.73. The smallest absolute Gasteiger partial charge is 0.229 e. The number of ether oxygens (including phenoxy) is 1. The van der Waals surface area contributed by atoms with E-state index in [0.29, 0.717) is 13.2 Å². The average molecular weight is 268 g/mol. The van der Waals surface area contributed by atoms with E-state index >= 15 is 0 Å². The molecule has 2 fully saturated rings. The van der Waals surface area contributed by atoms with E-state index in [9.17, 15) is 14.4 Å². The van der Waals surface area contributed by atoms with Gasteiger partial charge in [-0.25, -0.2) is 0 Å². The summed E-state index contributed by atoms with van der Waals surface area (Å²) in [7, 11) is 0. The van der Waals surface area contributed by atoms with E-state index in [1.54, 1.807) is 4.90 Å². The van der Waals surface area contributed by atoms with Crippen molar-refractivity contribution in [2.24, 2.45) is 0 Å². The van der Waals surface area contributed by atoms with Crippen molar-refractivity contribution in [1.82, 2.24) is 9.80 Å². The predicted octanol–water partition coefficient (Wildman–Crippen LogP) is 0.161. The van der Waals surface area contributed by atoms with Crippen molar-refractivity contribution >= 4 is 17.7 Å². The summed E-state index contributed by atoms with van der Waals surface area (Å²) in [6.07, 6.45) is 0.792. The van der Waals surface area contributed by atoms with E-state index in [2.05, 4.69) is 0 Å². The monoisotopic (exact) mass is 268 g/mol. The quantitative estimate of drug-likeness (QED) is 0.684. The maximum atomic E-state index is 12.1. The lowest BCUT2D eigenvalue weighted by molar-refractivity contribution is -0.145. The van der Waals surface area contributed by atoms with Crippen molar-refractivity contribution in [2.75, 3.05) is 19.7 Å². The number of hydrogen-bond acceptors (Lipinski definition) is 4. The summed E-state index contributed by atoms with van der Waals surface area (Å²) in [5, 5.41) is 0. The van der Waals surface area contributed by atoms with Crippen molar-refractivity contribution in [3.63, 3.8) is 0 Å². The molecule has 0 aliphatic carbocycles. The SMILES string of the molecule is CC1CN(C(=O)CCN2C(=O)CCC2=O)C(C)CO1. The van der Waals surface area contributed by atoms with Crippen LogP contribution in [0.4, 0.5) is 0 Å². The topological polar surface area (TPSA) is 66.9 Å². The number of likely N-dealkylation sites (tertiary alicyclic amines) is 1. The first-order valence-electron chi connectivity index (χ1n) is 6.73. The molecule has 0 aromatic heterocycles. The van der Waals surface area contributed by atoms with Crippen LogP contribution in [0.3, 0.4) is 0 Å². The maximum absolute atomic E-state index is 12.1. The Kier molecular flexibility index (Phi) is 4.19. The van der Waals surface area contributed by atoms with Crippen LogP contribution in [0.5, 0.6) is 0 Å². The van der Waals surface area contributed by atoms with Gasteiger partial charge in [0.15, 0.2) is 0 Å². The largest absolute Gasteiger partial charge is 0.375 e. The molecule has 0 aromatic carbocycles. The Morgan fingerprint density at radius 3 is 2.53 bits per heavy atom. The third kappa shape index (κ3) is 3.12. The molecule has 19 heavy (non-hydrogen) atoms. The molecule has 2 atom stereocenters. The van der Waals surface area contributed by atoms with Gasteiger partial charge < -0.3 is 9.64 Å². The van der Waals surface area contributed by atoms with Crippen LogP contribution in [-0.4, -0.2) is 59.4 Å². The summed E-state index contributed by atoms with van der Waals surface area (Å²) in [5.41, 5.74) is 0. The average Bonchev–Trinajstić information content (AvgIpc) is 2.69. The van der Waals surface area contributed by atoms with Gasteiger partial charge in [-0.15, -0.1) is 0 Å². The van der Waals surface area contributed by atoms with Crippen molar-refractivity contribution in [3.8, 4) is 0 Å². The van der Waals surface area contributed by atoms with Crippen LogP contribution in [0.2, 0.25) is 0 Å². The van der Waals surface area contributed by atoms with Crippen LogP contribution in [0, 0.1) is 0 Å². The summed E-state index contributed by atoms with van der Waals surface area (Å²) in [6.45, 7) is 5.18. The zero-order valence-corrected chi connectivity index (χ0v) is 11.4. The van der Waals surface area contributed by atoms with Gasteiger partial charge in [0.05, 0.1) is 18.8 Å². The van der Waals surface area contributed by atoms with Gasteiger partial charge in [0, 0.05) is 32.4 Å². The molecule has 0 radical (unpaired) electrons. The molecule has 0 bridgehead atoms. The number of imide groups is 1. The lowest BCUT2D eigenvalue weighted by Crippen LogP contribution is -2.50. The summed E-state index contributed by atoms with van der Waals surface area (Å²) in [6, 6.07) is 0.0497. The van der Waals surface area contributed by atoms with E-state index < -0.39 is 0 Å². The first kappa shape index (κ1) is 14.0. The summed E-state index contributed by atoms with van der Waals surface area (Å²) < 4.78 is 5.47. The van der Waals surface area contributed by atoms with E-state index in [0.717, 1.165) is 0 Å². The molecule has 6 heteroatoms. The van der Waals surface area contributed by atoms with Gasteiger partial charge in [0.2, 0.25) is 17.7 Å². The number of rotatable bonds is 3. The Balaban J connectivity index is 1.87. The van der Waals surface area contributed by atoms with Crippen molar-refractivity contribution in [1.29, 1.82) is 0 Å². The number of carbonyl (C=O) groups excluding carboxylic acids is 3. The summed E-state index contributed by atoms with van der Waals surface area (Å²) in [5.74, 6) is -0.350. The van der Waals surface area contributed by atoms with Gasteiger partial charge in [-0.1, -0.05) is 0 Å². The van der Waals surface area contributed by atoms with Crippen molar-refractivity contribution in [2.45, 2.75) is 45.3 Å². The normalized spacial score (nSPS) is 28.1. The molecular formula is C13H20N2O4. The number of amides is 3. The minimum absolute atomic E-state index is 0.0184.